The summed E-state index contributed by atoms with van der Waals surface area (Å²) in [5.41, 5.74) is 0.714. The lowest BCUT2D eigenvalue weighted by atomic mass is 10.1. The number of carbonyl (C=O) groups is 1. The van der Waals surface area contributed by atoms with E-state index in [0.29, 0.717) is 23.8 Å². The smallest absolute Gasteiger partial charge is 0.293 e. The van der Waals surface area contributed by atoms with E-state index < -0.39 is 4.92 Å². The van der Waals surface area contributed by atoms with Gasteiger partial charge in [-0.05, 0) is 37.8 Å². The van der Waals surface area contributed by atoms with E-state index in [4.69, 9.17) is 4.74 Å². The number of rotatable bonds is 6. The van der Waals surface area contributed by atoms with Crippen LogP contribution in [0.3, 0.4) is 0 Å². The fraction of sp³-hybridized carbons (Fsp3) is 0.533. The molecule has 1 atom stereocenters. The van der Waals surface area contributed by atoms with Gasteiger partial charge in [0.05, 0.1) is 11.0 Å². The lowest BCUT2D eigenvalue weighted by Gasteiger charge is -2.11. The van der Waals surface area contributed by atoms with Crippen molar-refractivity contribution in [2.75, 3.05) is 18.5 Å². The summed E-state index contributed by atoms with van der Waals surface area (Å²) >= 11 is 0. The largest absolute Gasteiger partial charge is 0.377 e. The molecule has 2 fully saturated rings. The van der Waals surface area contributed by atoms with E-state index in [0.717, 1.165) is 32.3 Å². The van der Waals surface area contributed by atoms with Crippen molar-refractivity contribution in [3.8, 4) is 0 Å². The maximum atomic E-state index is 12.1. The van der Waals surface area contributed by atoms with Gasteiger partial charge < -0.3 is 15.4 Å². The number of nitrogens with zero attached hydrogens (tertiary/aromatic N) is 1. The summed E-state index contributed by atoms with van der Waals surface area (Å²) in [4.78, 5) is 22.8. The predicted molar refractivity (Wildman–Crippen MR) is 81.0 cm³/mol. The number of nitro benzene ring substituents is 1. The summed E-state index contributed by atoms with van der Waals surface area (Å²) in [6, 6.07) is 4.87. The Morgan fingerprint density at radius 2 is 2.18 bits per heavy atom. The minimum Gasteiger partial charge on any atom is -0.377 e. The van der Waals surface area contributed by atoms with Crippen molar-refractivity contribution in [3.63, 3.8) is 0 Å². The molecule has 0 spiro atoms. The van der Waals surface area contributed by atoms with Crippen molar-refractivity contribution in [2.24, 2.45) is 0 Å². The van der Waals surface area contributed by atoms with E-state index in [2.05, 4.69) is 10.6 Å². The molecule has 1 heterocycles. The second-order valence-corrected chi connectivity index (χ2v) is 5.75. The Kier molecular flexibility index (Phi) is 4.24. The number of nitrogens with one attached hydrogen (secondary N) is 2. The van der Waals surface area contributed by atoms with E-state index >= 15 is 0 Å². The number of hydrogen-bond donors (Lipinski definition) is 2. The number of amides is 1. The van der Waals surface area contributed by atoms with Crippen LogP contribution in [0.2, 0.25) is 0 Å². The molecule has 1 amide bonds. The Morgan fingerprint density at radius 3 is 2.82 bits per heavy atom. The van der Waals surface area contributed by atoms with Crippen LogP contribution >= 0.6 is 0 Å². The second kappa shape index (κ2) is 6.31. The molecule has 3 rings (SSSR count). The molecular weight excluding hydrogens is 286 g/mol. The van der Waals surface area contributed by atoms with Crippen molar-refractivity contribution in [3.05, 3.63) is 33.9 Å². The Morgan fingerprint density at radius 1 is 1.36 bits per heavy atom. The standard InChI is InChI=1S/C15H19N3O4/c19-15(16-9-12-2-1-7-22-12)10-3-6-13(17-11-4-5-11)14(8-10)18(20)21/h3,6,8,11-12,17H,1-2,4-5,7,9H2,(H,16,19). The molecule has 1 aliphatic heterocycles. The molecule has 0 radical (unpaired) electrons. The average Bonchev–Trinajstić information content (AvgIpc) is 3.16. The minimum absolute atomic E-state index is 0.0507. The molecule has 0 bridgehead atoms. The number of hydrogen-bond acceptors (Lipinski definition) is 5. The van der Waals surface area contributed by atoms with Gasteiger partial charge in [0.2, 0.25) is 0 Å². The van der Waals surface area contributed by atoms with Crippen LogP contribution in [0, 0.1) is 10.1 Å². The van der Waals surface area contributed by atoms with Gasteiger partial charge in [-0.25, -0.2) is 0 Å². The minimum atomic E-state index is -0.457. The van der Waals surface area contributed by atoms with Crippen LogP contribution in [-0.4, -0.2) is 36.1 Å². The molecule has 2 aliphatic rings. The monoisotopic (exact) mass is 305 g/mol. The van der Waals surface area contributed by atoms with Crippen molar-refractivity contribution in [1.29, 1.82) is 0 Å². The van der Waals surface area contributed by atoms with Crippen LogP contribution < -0.4 is 10.6 Å². The molecule has 1 aliphatic carbocycles. The fourth-order valence-electron chi connectivity index (χ4n) is 2.51. The summed E-state index contributed by atoms with van der Waals surface area (Å²) in [5.74, 6) is -0.309. The third-order valence-corrected chi connectivity index (χ3v) is 3.91. The van der Waals surface area contributed by atoms with E-state index in [1.807, 2.05) is 0 Å². The first kappa shape index (κ1) is 14.8. The van der Waals surface area contributed by atoms with Crippen molar-refractivity contribution < 1.29 is 14.5 Å². The first-order chi connectivity index (χ1) is 10.6. The van der Waals surface area contributed by atoms with Gasteiger partial charge in [-0.15, -0.1) is 0 Å². The molecule has 7 nitrogen and oxygen atoms in total. The predicted octanol–water partition coefficient (Wildman–Crippen LogP) is 2.08. The number of nitro groups is 1. The van der Waals surface area contributed by atoms with Crippen molar-refractivity contribution in [1.82, 2.24) is 5.32 Å². The summed E-state index contributed by atoms with van der Waals surface area (Å²) in [5, 5.41) is 17.1. The van der Waals surface area contributed by atoms with Gasteiger partial charge in [-0.1, -0.05) is 0 Å². The van der Waals surface area contributed by atoms with Gasteiger partial charge in [-0.3, -0.25) is 14.9 Å². The quantitative estimate of drug-likeness (QED) is 0.620. The van der Waals surface area contributed by atoms with Gasteiger partial charge >= 0.3 is 0 Å². The van der Waals surface area contributed by atoms with Gasteiger partial charge in [0.1, 0.15) is 5.69 Å². The molecule has 1 saturated carbocycles. The summed E-state index contributed by atoms with van der Waals surface area (Å²) in [6.45, 7) is 1.17. The second-order valence-electron chi connectivity index (χ2n) is 5.75. The van der Waals surface area contributed by atoms with Crippen LogP contribution in [0.4, 0.5) is 11.4 Å². The third-order valence-electron chi connectivity index (χ3n) is 3.91. The Labute approximate surface area is 128 Å². The number of anilines is 1. The molecule has 2 N–H and O–H groups in total. The molecule has 1 aromatic carbocycles. The average molecular weight is 305 g/mol. The normalized spacial score (nSPS) is 20.6. The molecular formula is C15H19N3O4. The highest BCUT2D eigenvalue weighted by Crippen LogP contribution is 2.31. The number of carbonyl (C=O) groups excluding carboxylic acids is 1. The van der Waals surface area contributed by atoms with Crippen LogP contribution in [-0.2, 0) is 4.74 Å². The zero-order valence-electron chi connectivity index (χ0n) is 12.2. The van der Waals surface area contributed by atoms with Gasteiger partial charge in [0.15, 0.2) is 0 Å². The molecule has 1 unspecified atom stereocenters. The lowest BCUT2D eigenvalue weighted by Crippen LogP contribution is -2.31. The maximum absolute atomic E-state index is 12.1. The molecule has 1 saturated heterocycles. The highest BCUT2D eigenvalue weighted by Gasteiger charge is 2.25. The SMILES string of the molecule is O=C(NCC1CCCO1)c1ccc(NC2CC2)c([N+](=O)[O-])c1. The fourth-order valence-corrected chi connectivity index (χ4v) is 2.51. The van der Waals surface area contributed by atoms with E-state index in [9.17, 15) is 14.9 Å². The molecule has 1 aromatic rings. The lowest BCUT2D eigenvalue weighted by molar-refractivity contribution is -0.384. The highest BCUT2D eigenvalue weighted by atomic mass is 16.6. The Balaban J connectivity index is 1.67. The van der Waals surface area contributed by atoms with Crippen LogP contribution in [0.5, 0.6) is 0 Å². The number of ether oxygens (including phenoxy) is 1. The first-order valence-corrected chi connectivity index (χ1v) is 7.58. The summed E-state index contributed by atoms with van der Waals surface area (Å²) in [6.07, 6.45) is 4.05. The van der Waals surface area contributed by atoms with Crippen LogP contribution in [0.25, 0.3) is 0 Å². The van der Waals surface area contributed by atoms with Gasteiger partial charge in [0.25, 0.3) is 11.6 Å². The zero-order chi connectivity index (χ0) is 15.5. The first-order valence-electron chi connectivity index (χ1n) is 7.58. The van der Waals surface area contributed by atoms with E-state index in [-0.39, 0.29) is 17.7 Å². The zero-order valence-corrected chi connectivity index (χ0v) is 12.2. The Bertz CT molecular complexity index is 580. The Hall–Kier alpha value is -2.15. The van der Waals surface area contributed by atoms with Gasteiger partial charge in [0, 0.05) is 30.8 Å². The summed E-state index contributed by atoms with van der Waals surface area (Å²) in [7, 11) is 0. The van der Waals surface area contributed by atoms with E-state index in [1.165, 1.54) is 6.07 Å². The van der Waals surface area contributed by atoms with Crippen LogP contribution in [0.15, 0.2) is 18.2 Å². The topological polar surface area (TPSA) is 93.5 Å². The summed E-state index contributed by atoms with van der Waals surface area (Å²) < 4.78 is 5.44. The van der Waals surface area contributed by atoms with E-state index in [1.54, 1.807) is 12.1 Å². The molecule has 118 valence electrons. The third kappa shape index (κ3) is 3.54. The van der Waals surface area contributed by atoms with Gasteiger partial charge in [-0.2, -0.15) is 0 Å². The van der Waals surface area contributed by atoms with Crippen molar-refractivity contribution in [2.45, 2.75) is 37.8 Å². The molecule has 7 heteroatoms. The highest BCUT2D eigenvalue weighted by molar-refractivity contribution is 5.95. The van der Waals surface area contributed by atoms with Crippen LogP contribution in [0.1, 0.15) is 36.0 Å². The maximum Gasteiger partial charge on any atom is 0.293 e. The molecule has 22 heavy (non-hydrogen) atoms. The molecule has 0 aromatic heterocycles. The number of benzene rings is 1. The van der Waals surface area contributed by atoms with Crippen molar-refractivity contribution >= 4 is 17.3 Å².